The molecule has 0 radical (unpaired) electrons. The molecule has 0 aromatic carbocycles. The Kier molecular flexibility index (Phi) is 53.3. The van der Waals surface area contributed by atoms with Gasteiger partial charge in [0.1, 0.15) is 34.9 Å². The SMILES string of the molecule is CCOC(=O)CCCCCCBr.CCOC(=O)CCCCCCN(c1ccccn1)c1ccccn1.I.II.I[I-]I.O=C(CCCCCCN(c1ccccn1)c1ccccn1)NO.c1ccc(Nc2ccccn2)nc1. The van der Waals surface area contributed by atoms with Gasteiger partial charge in [0.2, 0.25) is 5.91 Å². The molecule has 0 aliphatic heterocycles. The van der Waals surface area contributed by atoms with Crippen molar-refractivity contribution in [3.63, 3.8) is 0 Å². The van der Waals surface area contributed by atoms with Gasteiger partial charge in [-0.3, -0.25) is 19.6 Å². The van der Waals surface area contributed by atoms with Crippen molar-refractivity contribution < 1.29 is 42.3 Å². The first-order valence-electron chi connectivity index (χ1n) is 25.4. The zero-order chi connectivity index (χ0) is 56.2. The average Bonchev–Trinajstić information content (AvgIpc) is 3.47. The van der Waals surface area contributed by atoms with Crippen LogP contribution in [0.15, 0.2) is 146 Å². The Morgan fingerprint density at radius 2 is 0.808 bits per heavy atom. The fourth-order valence-electron chi connectivity index (χ4n) is 6.79. The molecule has 0 spiro atoms. The van der Waals surface area contributed by atoms with Crippen molar-refractivity contribution in [2.24, 2.45) is 0 Å². The summed E-state index contributed by atoms with van der Waals surface area (Å²) in [7, 11) is 0. The van der Waals surface area contributed by atoms with Gasteiger partial charge in [-0.1, -0.05) is 90.9 Å². The summed E-state index contributed by atoms with van der Waals surface area (Å²) in [6.07, 6.45) is 24.3. The molecule has 0 fully saturated rings. The molecule has 0 saturated heterocycles. The van der Waals surface area contributed by atoms with Gasteiger partial charge in [0, 0.05) is 112 Å². The van der Waals surface area contributed by atoms with E-state index in [9.17, 15) is 14.4 Å². The van der Waals surface area contributed by atoms with Gasteiger partial charge in [0.15, 0.2) is 0 Å². The third-order valence-corrected chi connectivity index (χ3v) is 10.9. The minimum Gasteiger partial charge on any atom is -0.325 e. The first-order chi connectivity index (χ1) is 37.8. The zero-order valence-corrected chi connectivity index (χ0v) is 58.9. The molecular formula is C55H74BrI6N10O6-. The maximum absolute atomic E-state index is 11.3. The Hall–Kier alpha value is -2.47. The molecule has 0 atom stereocenters. The van der Waals surface area contributed by atoms with Gasteiger partial charge in [0.05, 0.1) is 13.2 Å². The van der Waals surface area contributed by atoms with Gasteiger partial charge in [-0.25, -0.2) is 35.4 Å². The van der Waals surface area contributed by atoms with Crippen molar-refractivity contribution in [2.45, 2.75) is 110 Å². The molecule has 0 saturated carbocycles. The van der Waals surface area contributed by atoms with E-state index >= 15 is 0 Å². The predicted molar refractivity (Wildman–Crippen MR) is 360 cm³/mol. The van der Waals surface area contributed by atoms with E-state index in [2.05, 4.69) is 135 Å². The number of hydroxylamine groups is 1. The Morgan fingerprint density at radius 3 is 1.09 bits per heavy atom. The van der Waals surface area contributed by atoms with Crippen LogP contribution in [0.4, 0.5) is 34.9 Å². The van der Waals surface area contributed by atoms with Crippen molar-refractivity contribution in [3.8, 4) is 0 Å². The van der Waals surface area contributed by atoms with Crippen LogP contribution in [0.3, 0.4) is 0 Å². The van der Waals surface area contributed by atoms with Crippen LogP contribution in [0.1, 0.15) is 110 Å². The number of carbonyl (C=O) groups excluding carboxylic acids is 3. The summed E-state index contributed by atoms with van der Waals surface area (Å²) in [5.41, 5.74) is 1.65. The molecule has 0 bridgehead atoms. The van der Waals surface area contributed by atoms with Crippen LogP contribution >= 0.6 is 114 Å². The molecule has 0 unspecified atom stereocenters. The first kappa shape index (κ1) is 75.5. The summed E-state index contributed by atoms with van der Waals surface area (Å²) in [4.78, 5) is 63.3. The van der Waals surface area contributed by atoms with Crippen LogP contribution in [-0.2, 0) is 23.9 Å². The molecule has 430 valence electrons. The second-order valence-electron chi connectivity index (χ2n) is 16.0. The zero-order valence-electron chi connectivity index (χ0n) is 44.2. The predicted octanol–water partition coefficient (Wildman–Crippen LogP) is 13.5. The largest absolute Gasteiger partial charge is 0.325 e. The summed E-state index contributed by atoms with van der Waals surface area (Å²) in [6, 6.07) is 34.9. The smallest absolute Gasteiger partial charge is 0.243 e. The second-order valence-corrected chi connectivity index (χ2v) is 33.0. The normalized spacial score (nSPS) is 9.69. The van der Waals surface area contributed by atoms with Crippen LogP contribution < -0.4 is 33.9 Å². The van der Waals surface area contributed by atoms with E-state index in [0.29, 0.717) is 45.7 Å². The fourth-order valence-corrected chi connectivity index (χ4v) is 7.19. The van der Waals surface area contributed by atoms with Crippen LogP contribution in [0.5, 0.6) is 0 Å². The summed E-state index contributed by atoms with van der Waals surface area (Å²) in [5.74, 6) is 4.70. The number of pyridine rings is 6. The average molecular weight is 1810 g/mol. The number of esters is 2. The third kappa shape index (κ3) is 39.8. The number of halogens is 7. The van der Waals surface area contributed by atoms with Crippen molar-refractivity contribution >= 4 is 167 Å². The van der Waals surface area contributed by atoms with E-state index in [1.54, 1.807) is 42.7 Å². The summed E-state index contributed by atoms with van der Waals surface area (Å²) in [5, 5.41) is 12.6. The second kappa shape index (κ2) is 55.1. The van der Waals surface area contributed by atoms with E-state index in [1.165, 1.54) is 12.8 Å². The van der Waals surface area contributed by atoms with E-state index < -0.39 is 0 Å². The van der Waals surface area contributed by atoms with Crippen molar-refractivity contribution in [3.05, 3.63) is 146 Å². The number of aromatic nitrogens is 6. The molecule has 6 heterocycles. The Labute approximate surface area is 541 Å². The van der Waals surface area contributed by atoms with Gasteiger partial charge in [-0.05, 0) is 125 Å². The molecule has 78 heavy (non-hydrogen) atoms. The van der Waals surface area contributed by atoms with E-state index in [-0.39, 0.29) is 41.8 Å². The Morgan fingerprint density at radius 1 is 0.500 bits per heavy atom. The minimum atomic E-state index is -0.325. The number of rotatable bonds is 28. The number of anilines is 6. The molecule has 1 amide bonds. The number of carbonyl (C=O) groups is 3. The summed E-state index contributed by atoms with van der Waals surface area (Å²) < 4.78 is 9.74. The number of ether oxygens (including phenoxy) is 2. The van der Waals surface area contributed by atoms with Gasteiger partial charge in [-0.15, -0.1) is 24.0 Å². The number of amides is 1. The molecule has 16 nitrogen and oxygen atoms in total. The summed E-state index contributed by atoms with van der Waals surface area (Å²) >= 11 is 12.9. The molecule has 0 aliphatic rings. The van der Waals surface area contributed by atoms with Crippen LogP contribution in [0.25, 0.3) is 0 Å². The minimum absolute atomic E-state index is 0. The molecule has 23 heteroatoms. The third-order valence-electron chi connectivity index (χ3n) is 10.3. The molecular weight excluding hydrogens is 1740 g/mol. The van der Waals surface area contributed by atoms with E-state index in [0.717, 1.165) is 118 Å². The van der Waals surface area contributed by atoms with Crippen molar-refractivity contribution in [2.75, 3.05) is 46.7 Å². The maximum Gasteiger partial charge on any atom is 0.243 e. The Bertz CT molecular complexity index is 2180. The quantitative estimate of drug-likeness (QED) is 0.0105. The number of hydrogen-bond donors (Lipinski definition) is 3. The van der Waals surface area contributed by atoms with Gasteiger partial charge >= 0.3 is 62.4 Å². The fraction of sp³-hybridized carbons (Fsp3) is 0.400. The van der Waals surface area contributed by atoms with Crippen LogP contribution in [0.2, 0.25) is 0 Å². The first-order valence-corrected chi connectivity index (χ1v) is 45.4. The number of alkyl halides is 1. The van der Waals surface area contributed by atoms with Crippen molar-refractivity contribution in [1.82, 2.24) is 35.4 Å². The Balaban J connectivity index is 0.00000102. The number of nitrogens with zero attached hydrogens (tertiary/aromatic N) is 8. The topological polar surface area (TPSA) is 198 Å². The number of nitrogens with one attached hydrogen (secondary N) is 2. The maximum atomic E-state index is 11.3. The van der Waals surface area contributed by atoms with E-state index in [4.69, 9.17) is 14.7 Å². The van der Waals surface area contributed by atoms with Crippen LogP contribution in [0, 0.1) is 0 Å². The molecule has 6 rings (SSSR count). The van der Waals surface area contributed by atoms with Gasteiger partial charge < -0.3 is 24.6 Å². The molecule has 3 N–H and O–H groups in total. The molecule has 6 aromatic rings. The van der Waals surface area contributed by atoms with Gasteiger partial charge in [-0.2, -0.15) is 0 Å². The van der Waals surface area contributed by atoms with Crippen molar-refractivity contribution in [1.29, 1.82) is 0 Å². The summed E-state index contributed by atoms with van der Waals surface area (Å²) in [6.45, 7) is 6.31. The number of hydrogen-bond acceptors (Lipinski definition) is 15. The van der Waals surface area contributed by atoms with Gasteiger partial charge in [0.25, 0.3) is 0 Å². The monoisotopic (exact) mass is 1810 g/mol. The number of unbranched alkanes of at least 4 members (excludes halogenated alkanes) is 9. The molecule has 0 aliphatic carbocycles. The van der Waals surface area contributed by atoms with Crippen LogP contribution in [-0.4, -0.2) is 84.6 Å². The van der Waals surface area contributed by atoms with E-state index in [1.807, 2.05) is 123 Å². The standard InChI is InChI=1S/C19H25N3O2.C17H22N4O2.C10H9N3.C9H17BrO2.I3.I2.HI/c1-2-24-19(23)13-5-3-4-10-16-22(17-11-6-8-14-20-17)18-12-7-9-15-21-18;22-17(20-23)11-3-1-2-8-14-21(15-9-4-6-12-18-15)16-10-5-7-13-19-16;1-3-7-11-9(5-1)13-10-6-2-4-8-12-10;1-2-12-9(11)7-5-3-4-6-8-10;1-3-2;1-2;/h6-9,11-12,14-15H,2-5,10,13,16H2,1H3;4-7,9-10,12-13,23H,1-3,8,11,14H2,(H,20,22);1-8H,(H,11,12,13);2-8H2,1H3;;;1H/q;;;;-1;;. The molecule has 6 aromatic heterocycles.